The predicted molar refractivity (Wildman–Crippen MR) is 79.9 cm³/mol. The third-order valence-electron chi connectivity index (χ3n) is 3.84. The van der Waals surface area contributed by atoms with Gasteiger partial charge in [-0.3, -0.25) is 10.1 Å². The Hall–Kier alpha value is -1.93. The van der Waals surface area contributed by atoms with Gasteiger partial charge in [-0.05, 0) is 19.4 Å². The van der Waals surface area contributed by atoms with Crippen LogP contribution in [0.4, 0.5) is 15.8 Å². The highest BCUT2D eigenvalue weighted by Crippen LogP contribution is 2.32. The Kier molecular flexibility index (Phi) is 5.15. The molecule has 2 rings (SSSR count). The molecular formula is C14H20FN3O4. The number of nitro groups is 1. The van der Waals surface area contributed by atoms with Crippen molar-refractivity contribution in [1.29, 1.82) is 0 Å². The van der Waals surface area contributed by atoms with Crippen molar-refractivity contribution in [2.75, 3.05) is 39.2 Å². The summed E-state index contributed by atoms with van der Waals surface area (Å²) in [5.74, 6) is -0.660. The zero-order valence-electron chi connectivity index (χ0n) is 12.6. The second-order valence-corrected chi connectivity index (χ2v) is 5.36. The molecular weight excluding hydrogens is 293 g/mol. The lowest BCUT2D eigenvalue weighted by Crippen LogP contribution is -2.49. The summed E-state index contributed by atoms with van der Waals surface area (Å²) < 4.78 is 24.2. The summed E-state index contributed by atoms with van der Waals surface area (Å²) in [5, 5.41) is 17.2. The zero-order valence-corrected chi connectivity index (χ0v) is 12.6. The molecule has 1 aromatic rings. The predicted octanol–water partition coefficient (Wildman–Crippen LogP) is 1.92. The molecule has 1 unspecified atom stereocenters. The fraction of sp³-hybridized carbons (Fsp3) is 0.571. The lowest BCUT2D eigenvalue weighted by atomic mass is 9.98. The molecule has 8 heteroatoms. The number of benzene rings is 1. The van der Waals surface area contributed by atoms with E-state index in [2.05, 4.69) is 10.6 Å². The van der Waals surface area contributed by atoms with Crippen molar-refractivity contribution in [1.82, 2.24) is 5.32 Å². The number of rotatable bonds is 7. The van der Waals surface area contributed by atoms with Gasteiger partial charge in [0.25, 0.3) is 0 Å². The first kappa shape index (κ1) is 16.4. The number of hydrogen-bond acceptors (Lipinski definition) is 6. The highest BCUT2D eigenvalue weighted by Gasteiger charge is 2.33. The molecule has 0 spiro atoms. The van der Waals surface area contributed by atoms with Gasteiger partial charge >= 0.3 is 5.69 Å². The highest BCUT2D eigenvalue weighted by molar-refractivity contribution is 5.59. The maximum atomic E-state index is 14.0. The van der Waals surface area contributed by atoms with E-state index in [1.54, 1.807) is 7.11 Å². The molecule has 1 aliphatic heterocycles. The molecule has 1 aliphatic rings. The minimum Gasteiger partial charge on any atom is -0.490 e. The van der Waals surface area contributed by atoms with Gasteiger partial charge < -0.3 is 20.1 Å². The van der Waals surface area contributed by atoms with Gasteiger partial charge in [0, 0.05) is 19.7 Å². The Bertz CT molecular complexity index is 547. The Labute approximate surface area is 127 Å². The van der Waals surface area contributed by atoms with Crippen molar-refractivity contribution >= 4 is 11.4 Å². The molecule has 0 aliphatic carbocycles. The van der Waals surface area contributed by atoms with Gasteiger partial charge in [-0.25, -0.2) is 4.39 Å². The molecule has 2 N–H and O–H groups in total. The van der Waals surface area contributed by atoms with E-state index in [-0.39, 0.29) is 17.0 Å². The van der Waals surface area contributed by atoms with Crippen LogP contribution in [0.3, 0.4) is 0 Å². The van der Waals surface area contributed by atoms with Crippen LogP contribution in [0.15, 0.2) is 12.1 Å². The molecule has 0 amide bonds. The van der Waals surface area contributed by atoms with Crippen LogP contribution in [0.5, 0.6) is 5.75 Å². The first-order chi connectivity index (χ1) is 10.5. The van der Waals surface area contributed by atoms with E-state index >= 15 is 0 Å². The summed E-state index contributed by atoms with van der Waals surface area (Å²) in [4.78, 5) is 10.2. The van der Waals surface area contributed by atoms with E-state index in [0.29, 0.717) is 13.2 Å². The SMILES string of the molecule is COCC1(CNc2cc(OC)c([N+](=O)[O-])cc2F)CCCN1. The van der Waals surface area contributed by atoms with Crippen LogP contribution < -0.4 is 15.4 Å². The van der Waals surface area contributed by atoms with Crippen LogP contribution in [-0.4, -0.2) is 44.4 Å². The minimum absolute atomic E-state index is 0.0223. The maximum absolute atomic E-state index is 14.0. The molecule has 1 heterocycles. The highest BCUT2D eigenvalue weighted by atomic mass is 19.1. The fourth-order valence-corrected chi connectivity index (χ4v) is 2.72. The van der Waals surface area contributed by atoms with E-state index in [1.807, 2.05) is 0 Å². The molecule has 1 atom stereocenters. The van der Waals surface area contributed by atoms with Crippen LogP contribution in [0.25, 0.3) is 0 Å². The van der Waals surface area contributed by atoms with Crippen molar-refractivity contribution in [2.24, 2.45) is 0 Å². The molecule has 1 saturated heterocycles. The van der Waals surface area contributed by atoms with Gasteiger partial charge in [0.2, 0.25) is 0 Å². The normalized spacial score (nSPS) is 20.9. The van der Waals surface area contributed by atoms with Gasteiger partial charge in [-0.2, -0.15) is 0 Å². The summed E-state index contributed by atoms with van der Waals surface area (Å²) in [5.41, 5.74) is -0.473. The summed E-state index contributed by atoms with van der Waals surface area (Å²) >= 11 is 0. The first-order valence-corrected chi connectivity index (χ1v) is 7.01. The number of anilines is 1. The summed E-state index contributed by atoms with van der Waals surface area (Å²) in [6, 6.07) is 2.18. The number of hydrogen-bond donors (Lipinski definition) is 2. The van der Waals surface area contributed by atoms with E-state index in [1.165, 1.54) is 13.2 Å². The molecule has 0 aromatic heterocycles. The molecule has 22 heavy (non-hydrogen) atoms. The van der Waals surface area contributed by atoms with Gasteiger partial charge in [-0.1, -0.05) is 0 Å². The number of nitrogens with one attached hydrogen (secondary N) is 2. The van der Waals surface area contributed by atoms with Crippen LogP contribution in [-0.2, 0) is 4.74 Å². The number of methoxy groups -OCH3 is 2. The lowest BCUT2D eigenvalue weighted by Gasteiger charge is -2.29. The van der Waals surface area contributed by atoms with Crippen molar-refractivity contribution in [3.63, 3.8) is 0 Å². The van der Waals surface area contributed by atoms with Gasteiger partial charge in [0.15, 0.2) is 11.6 Å². The molecule has 1 fully saturated rings. The van der Waals surface area contributed by atoms with Gasteiger partial charge in [-0.15, -0.1) is 0 Å². The fourth-order valence-electron chi connectivity index (χ4n) is 2.72. The third kappa shape index (κ3) is 3.45. The second-order valence-electron chi connectivity index (χ2n) is 5.36. The molecule has 7 nitrogen and oxygen atoms in total. The Morgan fingerprint density at radius 2 is 2.27 bits per heavy atom. The van der Waals surface area contributed by atoms with Crippen molar-refractivity contribution in [2.45, 2.75) is 18.4 Å². The second kappa shape index (κ2) is 6.89. The Morgan fingerprint density at radius 1 is 1.50 bits per heavy atom. The minimum atomic E-state index is -0.682. The van der Waals surface area contributed by atoms with Crippen LogP contribution in [0.1, 0.15) is 12.8 Å². The van der Waals surface area contributed by atoms with E-state index < -0.39 is 16.4 Å². The van der Waals surface area contributed by atoms with E-state index in [9.17, 15) is 14.5 Å². The molecule has 0 radical (unpaired) electrons. The number of nitro benzene ring substituents is 1. The summed E-state index contributed by atoms with van der Waals surface area (Å²) in [6.07, 6.45) is 1.94. The molecule has 1 aromatic carbocycles. The standard InChI is InChI=1S/C14H20FN3O4/c1-21-9-14(4-3-5-17-14)8-16-11-7-13(22-2)12(18(19)20)6-10(11)15/h6-7,16-17H,3-5,8-9H2,1-2H3. The average Bonchev–Trinajstić information content (AvgIpc) is 2.95. The van der Waals surface area contributed by atoms with Crippen LogP contribution >= 0.6 is 0 Å². The van der Waals surface area contributed by atoms with Crippen LogP contribution in [0.2, 0.25) is 0 Å². The molecule has 0 saturated carbocycles. The number of halogens is 1. The molecule has 122 valence electrons. The van der Waals surface area contributed by atoms with Gasteiger partial charge in [0.05, 0.1) is 35.9 Å². The average molecular weight is 313 g/mol. The zero-order chi connectivity index (χ0) is 16.2. The topological polar surface area (TPSA) is 85.7 Å². The Morgan fingerprint density at radius 3 is 2.82 bits per heavy atom. The molecule has 0 bridgehead atoms. The van der Waals surface area contributed by atoms with Crippen molar-refractivity contribution < 1.29 is 18.8 Å². The third-order valence-corrected chi connectivity index (χ3v) is 3.84. The first-order valence-electron chi connectivity index (χ1n) is 7.01. The van der Waals surface area contributed by atoms with Crippen LogP contribution in [0, 0.1) is 15.9 Å². The smallest absolute Gasteiger partial charge is 0.313 e. The number of ether oxygens (including phenoxy) is 2. The quantitative estimate of drug-likeness (QED) is 0.591. The largest absolute Gasteiger partial charge is 0.490 e. The summed E-state index contributed by atoms with van der Waals surface area (Å²) in [7, 11) is 2.94. The Balaban J connectivity index is 2.17. The van der Waals surface area contributed by atoms with E-state index in [0.717, 1.165) is 25.5 Å². The van der Waals surface area contributed by atoms with E-state index in [4.69, 9.17) is 9.47 Å². The number of nitrogens with zero attached hydrogens (tertiary/aromatic N) is 1. The summed E-state index contributed by atoms with van der Waals surface area (Å²) in [6.45, 7) is 1.85. The van der Waals surface area contributed by atoms with Crippen molar-refractivity contribution in [3.8, 4) is 5.75 Å². The van der Waals surface area contributed by atoms with Gasteiger partial charge in [0.1, 0.15) is 0 Å². The monoisotopic (exact) mass is 313 g/mol. The van der Waals surface area contributed by atoms with Crippen molar-refractivity contribution in [3.05, 3.63) is 28.1 Å². The maximum Gasteiger partial charge on any atom is 0.313 e. The lowest BCUT2D eigenvalue weighted by molar-refractivity contribution is -0.385.